The van der Waals surface area contributed by atoms with E-state index in [1.165, 1.54) is 12.1 Å². The number of carboxylic acid groups (broad SMARTS) is 1. The lowest BCUT2D eigenvalue weighted by Gasteiger charge is -2.16. The molecule has 1 aliphatic rings. The first-order chi connectivity index (χ1) is 15.8. The molecular weight excluding hydrogens is 462 g/mol. The van der Waals surface area contributed by atoms with E-state index >= 15 is 0 Å². The molecule has 33 heavy (non-hydrogen) atoms. The number of pyridine rings is 1. The van der Waals surface area contributed by atoms with E-state index in [-0.39, 0.29) is 17.4 Å². The summed E-state index contributed by atoms with van der Waals surface area (Å²) in [5.41, 5.74) is 1.13. The summed E-state index contributed by atoms with van der Waals surface area (Å²) in [5, 5.41) is 8.63. The van der Waals surface area contributed by atoms with E-state index in [1.807, 2.05) is 32.2 Å². The molecule has 2 N–H and O–H groups in total. The Labute approximate surface area is 202 Å². The number of rotatable bonds is 9. The fourth-order valence-electron chi connectivity index (χ4n) is 3.12. The average Bonchev–Trinajstić information content (AvgIpc) is 3.22. The molecule has 0 spiro atoms. The molecule has 1 atom stereocenters. The van der Waals surface area contributed by atoms with Gasteiger partial charge in [-0.1, -0.05) is 37.6 Å². The lowest BCUT2D eigenvalue weighted by Crippen LogP contribution is -2.36. The number of nitrogens with one attached hydrogen (secondary N) is 1. The maximum absolute atomic E-state index is 12.4. The number of sulfonamides is 1. The molecule has 3 rings (SSSR count). The average molecular weight is 496 g/mol. The minimum atomic E-state index is -3.50. The molecule has 0 amide bonds. The highest BCUT2D eigenvalue weighted by molar-refractivity contribution is 7.89. The van der Waals surface area contributed by atoms with Gasteiger partial charge in [-0.05, 0) is 55.2 Å². The zero-order valence-corrected chi connectivity index (χ0v) is 20.9. The van der Waals surface area contributed by atoms with Crippen LogP contribution in [0.3, 0.4) is 0 Å². The molecule has 2 aromatic rings. The molecule has 1 aliphatic heterocycles. The normalized spacial score (nSPS) is 15.5. The Morgan fingerprint density at radius 1 is 1.30 bits per heavy atom. The van der Waals surface area contributed by atoms with E-state index in [4.69, 9.17) is 16.7 Å². The van der Waals surface area contributed by atoms with Crippen molar-refractivity contribution in [2.24, 2.45) is 0 Å². The third kappa shape index (κ3) is 11.4. The fraction of sp³-hybridized carbons (Fsp3) is 0.417. The molecule has 0 radical (unpaired) electrons. The van der Waals surface area contributed by atoms with Crippen LogP contribution in [0.5, 0.6) is 0 Å². The van der Waals surface area contributed by atoms with E-state index in [9.17, 15) is 13.2 Å². The van der Waals surface area contributed by atoms with Gasteiger partial charge >= 0.3 is 5.97 Å². The molecule has 0 aliphatic carbocycles. The molecule has 182 valence electrons. The third-order valence-electron chi connectivity index (χ3n) is 4.65. The van der Waals surface area contributed by atoms with Gasteiger partial charge in [0.1, 0.15) is 0 Å². The van der Waals surface area contributed by atoms with Crippen molar-refractivity contribution in [3.05, 3.63) is 72.0 Å². The van der Waals surface area contributed by atoms with E-state index in [2.05, 4.69) is 21.2 Å². The van der Waals surface area contributed by atoms with Crippen LogP contribution in [-0.4, -0.2) is 48.5 Å². The van der Waals surface area contributed by atoms with Gasteiger partial charge in [0.05, 0.1) is 4.90 Å². The first-order valence-corrected chi connectivity index (χ1v) is 12.9. The predicted octanol–water partition coefficient (Wildman–Crippen LogP) is 4.74. The molecule has 1 aromatic carbocycles. The topological polar surface area (TPSA) is 99.6 Å². The van der Waals surface area contributed by atoms with Crippen molar-refractivity contribution in [3.63, 3.8) is 0 Å². The summed E-state index contributed by atoms with van der Waals surface area (Å²) in [7, 11) is -3.50. The fourth-order valence-corrected chi connectivity index (χ4v) is 4.51. The Morgan fingerprint density at radius 2 is 2.00 bits per heavy atom. The standard InChI is InChI=1S/C16H18ClN3O2S.C6H10O2.C2H6/c17-14-3-5-16(6-4-14)23(21,22)19-15-7-9-20(12-15)11-13-2-1-8-18-10-13;1-2-3-4-5-6(7)8;1-2/h1-6,8,10,15,19H,7,9,11-12H2;2H,1,3-5H2,(H,7,8);1-2H3/t15-;;/m1../s1. The van der Waals surface area contributed by atoms with Crippen LogP contribution in [0.2, 0.25) is 5.02 Å². The van der Waals surface area contributed by atoms with Gasteiger partial charge in [0.25, 0.3) is 0 Å². The van der Waals surface area contributed by atoms with Crippen molar-refractivity contribution in [2.45, 2.75) is 57.0 Å². The van der Waals surface area contributed by atoms with Crippen LogP contribution in [-0.2, 0) is 21.4 Å². The Balaban J connectivity index is 0.000000464. The number of aliphatic carboxylic acids is 1. The Hall–Kier alpha value is -2.26. The molecule has 0 saturated carbocycles. The van der Waals surface area contributed by atoms with Gasteiger partial charge in [-0.3, -0.25) is 14.7 Å². The quantitative estimate of drug-likeness (QED) is 0.385. The SMILES string of the molecule is C=CCCCC(=O)O.CC.O=S(=O)(N[C@@H]1CCN(Cc2cccnc2)C1)c1ccc(Cl)cc1. The maximum Gasteiger partial charge on any atom is 0.303 e. The highest BCUT2D eigenvalue weighted by atomic mass is 35.5. The van der Waals surface area contributed by atoms with Gasteiger partial charge in [-0.25, -0.2) is 13.1 Å². The van der Waals surface area contributed by atoms with E-state index in [0.717, 1.165) is 31.5 Å². The van der Waals surface area contributed by atoms with Gasteiger partial charge in [0.2, 0.25) is 10.0 Å². The van der Waals surface area contributed by atoms with Crippen molar-refractivity contribution < 1.29 is 18.3 Å². The summed E-state index contributed by atoms with van der Waals surface area (Å²) >= 11 is 5.80. The Bertz CT molecular complexity index is 938. The molecule has 9 heteroatoms. The lowest BCUT2D eigenvalue weighted by atomic mass is 10.2. The second-order valence-corrected chi connectivity index (χ2v) is 9.38. The zero-order valence-electron chi connectivity index (χ0n) is 19.3. The minimum Gasteiger partial charge on any atom is -0.481 e. The monoisotopic (exact) mass is 495 g/mol. The van der Waals surface area contributed by atoms with Gasteiger partial charge in [-0.15, -0.1) is 6.58 Å². The molecular formula is C24H34ClN3O4S. The molecule has 0 bridgehead atoms. The highest BCUT2D eigenvalue weighted by Gasteiger charge is 2.27. The largest absolute Gasteiger partial charge is 0.481 e. The van der Waals surface area contributed by atoms with Crippen molar-refractivity contribution in [1.82, 2.24) is 14.6 Å². The summed E-state index contributed by atoms with van der Waals surface area (Å²) in [5.74, 6) is -0.730. The summed E-state index contributed by atoms with van der Waals surface area (Å²) in [6.07, 6.45) is 7.87. The smallest absolute Gasteiger partial charge is 0.303 e. The number of hydrogen-bond donors (Lipinski definition) is 2. The maximum atomic E-state index is 12.4. The van der Waals surface area contributed by atoms with Crippen LogP contribution in [0.25, 0.3) is 0 Å². The first-order valence-electron chi connectivity index (χ1n) is 11.0. The molecule has 1 fully saturated rings. The van der Waals surface area contributed by atoms with Crippen molar-refractivity contribution >= 4 is 27.6 Å². The minimum absolute atomic E-state index is 0.0765. The Kier molecular flexibility index (Phi) is 13.6. The number of aromatic nitrogens is 1. The summed E-state index contributed by atoms with van der Waals surface area (Å²) in [4.78, 5) is 16.4. The van der Waals surface area contributed by atoms with Gasteiger partial charge in [0, 0.05) is 49.5 Å². The van der Waals surface area contributed by atoms with Crippen molar-refractivity contribution in [2.75, 3.05) is 13.1 Å². The highest BCUT2D eigenvalue weighted by Crippen LogP contribution is 2.18. The molecule has 1 aromatic heterocycles. The molecule has 0 unspecified atom stereocenters. The van der Waals surface area contributed by atoms with E-state index in [1.54, 1.807) is 24.4 Å². The number of unbranched alkanes of at least 4 members (excludes halogenated alkanes) is 1. The number of benzene rings is 1. The predicted molar refractivity (Wildman–Crippen MR) is 133 cm³/mol. The van der Waals surface area contributed by atoms with Gasteiger partial charge < -0.3 is 5.11 Å². The number of carbonyl (C=O) groups is 1. The van der Waals surface area contributed by atoms with Crippen LogP contribution in [0, 0.1) is 0 Å². The van der Waals surface area contributed by atoms with Crippen molar-refractivity contribution in [1.29, 1.82) is 0 Å². The number of carboxylic acids is 1. The van der Waals surface area contributed by atoms with Crippen LogP contribution in [0.1, 0.15) is 45.1 Å². The third-order valence-corrected chi connectivity index (χ3v) is 6.43. The lowest BCUT2D eigenvalue weighted by molar-refractivity contribution is -0.137. The van der Waals surface area contributed by atoms with Gasteiger partial charge in [0.15, 0.2) is 0 Å². The molecule has 2 heterocycles. The second kappa shape index (κ2) is 15.6. The number of halogens is 1. The second-order valence-electron chi connectivity index (χ2n) is 7.23. The number of likely N-dealkylation sites (tertiary alicyclic amines) is 1. The number of allylic oxidation sites excluding steroid dienone is 1. The van der Waals surface area contributed by atoms with Crippen LogP contribution >= 0.6 is 11.6 Å². The zero-order chi connectivity index (χ0) is 24.7. The summed E-state index contributed by atoms with van der Waals surface area (Å²) in [6, 6.07) is 10.1. The number of nitrogens with zero attached hydrogens (tertiary/aromatic N) is 2. The van der Waals surface area contributed by atoms with E-state index in [0.29, 0.717) is 18.0 Å². The van der Waals surface area contributed by atoms with Crippen molar-refractivity contribution in [3.8, 4) is 0 Å². The first kappa shape index (κ1) is 28.8. The summed E-state index contributed by atoms with van der Waals surface area (Å²) in [6.45, 7) is 9.81. The van der Waals surface area contributed by atoms with Crippen LogP contribution in [0.15, 0.2) is 66.3 Å². The number of hydrogen-bond acceptors (Lipinski definition) is 5. The van der Waals surface area contributed by atoms with Crippen LogP contribution in [0.4, 0.5) is 0 Å². The van der Waals surface area contributed by atoms with E-state index < -0.39 is 16.0 Å². The summed E-state index contributed by atoms with van der Waals surface area (Å²) < 4.78 is 27.5. The molecule has 7 nitrogen and oxygen atoms in total. The van der Waals surface area contributed by atoms with Crippen LogP contribution < -0.4 is 4.72 Å². The molecule has 1 saturated heterocycles. The Morgan fingerprint density at radius 3 is 2.58 bits per heavy atom. The van der Waals surface area contributed by atoms with Gasteiger partial charge in [-0.2, -0.15) is 0 Å².